The SMILES string of the molecule is c1ccc(-n2c3ccccc3c3c4sc5c(-n6c7ccccc7c7ccccc76)ncnc5c4c4sc5ccccc5c4c32)cc1. The quantitative estimate of drug-likeness (QED) is 0.192. The van der Waals surface area contributed by atoms with Crippen LogP contribution in [0.15, 0.2) is 134 Å². The van der Waals surface area contributed by atoms with Crippen molar-refractivity contribution in [1.29, 1.82) is 0 Å². The van der Waals surface area contributed by atoms with Crippen LogP contribution in [0.4, 0.5) is 0 Å². The smallest absolute Gasteiger partial charge is 0.159 e. The Labute approximate surface area is 270 Å². The molecule has 11 rings (SSSR count). The summed E-state index contributed by atoms with van der Waals surface area (Å²) in [5, 5.41) is 8.79. The molecular weight excluding hydrogens is 601 g/mol. The second-order valence-corrected chi connectivity index (χ2v) is 13.8. The first kappa shape index (κ1) is 24.7. The first-order valence-corrected chi connectivity index (χ1v) is 17.0. The van der Waals surface area contributed by atoms with E-state index >= 15 is 0 Å². The third-order valence-corrected chi connectivity index (χ3v) is 11.8. The summed E-state index contributed by atoms with van der Waals surface area (Å²) < 4.78 is 9.73. The molecule has 0 unspecified atom stereocenters. The molecule has 6 aromatic carbocycles. The highest BCUT2D eigenvalue weighted by atomic mass is 32.1. The number of aromatic nitrogens is 4. The summed E-state index contributed by atoms with van der Waals surface area (Å²) in [6, 6.07) is 45.7. The fourth-order valence-corrected chi connectivity index (χ4v) is 10.2. The van der Waals surface area contributed by atoms with E-state index in [1.165, 1.54) is 62.8 Å². The average Bonchev–Trinajstić information content (AvgIpc) is 3.86. The Morgan fingerprint density at radius 3 is 1.74 bits per heavy atom. The lowest BCUT2D eigenvalue weighted by molar-refractivity contribution is 1.08. The van der Waals surface area contributed by atoms with Crippen molar-refractivity contribution < 1.29 is 0 Å². The molecule has 6 heteroatoms. The first-order valence-electron chi connectivity index (χ1n) is 15.3. The molecule has 0 saturated carbocycles. The van der Waals surface area contributed by atoms with Gasteiger partial charge in [-0.1, -0.05) is 91.0 Å². The number of para-hydroxylation sites is 4. The fraction of sp³-hybridized carbons (Fsp3) is 0. The minimum atomic E-state index is 0.929. The van der Waals surface area contributed by atoms with Crippen molar-refractivity contribution in [3.8, 4) is 11.5 Å². The van der Waals surface area contributed by atoms with Gasteiger partial charge in [0, 0.05) is 57.5 Å². The zero-order chi connectivity index (χ0) is 29.9. The largest absolute Gasteiger partial charge is 0.309 e. The molecule has 0 aliphatic heterocycles. The molecule has 0 aliphatic carbocycles. The summed E-state index contributed by atoms with van der Waals surface area (Å²) in [5.41, 5.74) is 6.94. The number of rotatable bonds is 2. The Balaban J connectivity index is 1.41. The molecule has 0 N–H and O–H groups in total. The highest BCUT2D eigenvalue weighted by molar-refractivity contribution is 7.30. The number of benzene rings is 6. The van der Waals surface area contributed by atoms with Crippen molar-refractivity contribution >= 4 is 107 Å². The summed E-state index contributed by atoms with van der Waals surface area (Å²) >= 11 is 3.70. The second kappa shape index (κ2) is 9.01. The number of hydrogen-bond acceptors (Lipinski definition) is 4. The molecule has 46 heavy (non-hydrogen) atoms. The van der Waals surface area contributed by atoms with Crippen LogP contribution in [0.1, 0.15) is 0 Å². The molecule has 0 radical (unpaired) electrons. The topological polar surface area (TPSA) is 35.6 Å². The summed E-state index contributed by atoms with van der Waals surface area (Å²) in [7, 11) is 0. The van der Waals surface area contributed by atoms with Gasteiger partial charge in [0.05, 0.1) is 32.3 Å². The molecule has 11 aromatic rings. The van der Waals surface area contributed by atoms with Crippen LogP contribution in [0, 0.1) is 0 Å². The number of nitrogens with zero attached hydrogens (tertiary/aromatic N) is 4. The number of thiophene rings is 2. The highest BCUT2D eigenvalue weighted by Gasteiger charge is 2.26. The van der Waals surface area contributed by atoms with Gasteiger partial charge in [0.15, 0.2) is 5.82 Å². The third-order valence-electron chi connectivity index (χ3n) is 9.42. The molecule has 0 amide bonds. The molecule has 0 atom stereocenters. The van der Waals surface area contributed by atoms with E-state index in [1.54, 1.807) is 6.33 Å². The summed E-state index contributed by atoms with van der Waals surface area (Å²) in [5.74, 6) is 0.929. The van der Waals surface area contributed by atoms with Gasteiger partial charge in [-0.25, -0.2) is 9.97 Å². The third kappa shape index (κ3) is 3.07. The Morgan fingerprint density at radius 1 is 0.435 bits per heavy atom. The van der Waals surface area contributed by atoms with E-state index in [2.05, 4.69) is 137 Å². The molecular formula is C40H22N4S2. The maximum absolute atomic E-state index is 5.06. The Bertz CT molecular complexity index is 2980. The summed E-state index contributed by atoms with van der Waals surface area (Å²) in [6.07, 6.45) is 1.75. The summed E-state index contributed by atoms with van der Waals surface area (Å²) in [4.78, 5) is 10.1. The van der Waals surface area contributed by atoms with Gasteiger partial charge in [-0.3, -0.25) is 4.57 Å². The van der Waals surface area contributed by atoms with Crippen LogP contribution >= 0.6 is 22.7 Å². The lowest BCUT2D eigenvalue weighted by atomic mass is 10.0. The van der Waals surface area contributed by atoms with Gasteiger partial charge in [-0.2, -0.15) is 0 Å². The maximum Gasteiger partial charge on any atom is 0.159 e. The lowest BCUT2D eigenvalue weighted by Gasteiger charge is -2.09. The zero-order valence-corrected chi connectivity index (χ0v) is 25.9. The van der Waals surface area contributed by atoms with Gasteiger partial charge in [0.2, 0.25) is 0 Å². The van der Waals surface area contributed by atoms with Crippen LogP contribution in [0.2, 0.25) is 0 Å². The minimum Gasteiger partial charge on any atom is -0.309 e. The average molecular weight is 623 g/mol. The van der Waals surface area contributed by atoms with Gasteiger partial charge in [0.1, 0.15) is 6.33 Å². The van der Waals surface area contributed by atoms with Gasteiger partial charge in [-0.05, 0) is 36.4 Å². The zero-order valence-electron chi connectivity index (χ0n) is 24.3. The van der Waals surface area contributed by atoms with Crippen LogP contribution < -0.4 is 0 Å². The molecule has 0 aliphatic rings. The Kier molecular flexibility index (Phi) is 4.84. The number of hydrogen-bond donors (Lipinski definition) is 0. The highest BCUT2D eigenvalue weighted by Crippen LogP contribution is 2.52. The Morgan fingerprint density at radius 2 is 1.00 bits per heavy atom. The van der Waals surface area contributed by atoms with Gasteiger partial charge in [-0.15, -0.1) is 22.7 Å². The monoisotopic (exact) mass is 622 g/mol. The maximum atomic E-state index is 5.06. The second-order valence-electron chi connectivity index (χ2n) is 11.8. The normalized spacial score (nSPS) is 12.3. The molecule has 0 fully saturated rings. The van der Waals surface area contributed by atoms with E-state index in [0.29, 0.717) is 0 Å². The van der Waals surface area contributed by atoms with Gasteiger partial charge >= 0.3 is 0 Å². The lowest BCUT2D eigenvalue weighted by Crippen LogP contribution is -1.98. The van der Waals surface area contributed by atoms with E-state index < -0.39 is 0 Å². The van der Waals surface area contributed by atoms with Crippen molar-refractivity contribution in [3.05, 3.63) is 134 Å². The van der Waals surface area contributed by atoms with E-state index in [0.717, 1.165) is 32.8 Å². The van der Waals surface area contributed by atoms with Crippen LogP contribution in [0.5, 0.6) is 0 Å². The van der Waals surface area contributed by atoms with Crippen molar-refractivity contribution in [3.63, 3.8) is 0 Å². The van der Waals surface area contributed by atoms with E-state index in [-0.39, 0.29) is 0 Å². The van der Waals surface area contributed by atoms with Crippen molar-refractivity contribution in [2.24, 2.45) is 0 Å². The van der Waals surface area contributed by atoms with Crippen LogP contribution in [-0.4, -0.2) is 19.1 Å². The molecule has 5 aromatic heterocycles. The molecule has 214 valence electrons. The Hall–Kier alpha value is -5.56. The van der Waals surface area contributed by atoms with Gasteiger partial charge in [0.25, 0.3) is 0 Å². The van der Waals surface area contributed by atoms with Gasteiger partial charge < -0.3 is 4.57 Å². The molecule has 0 saturated heterocycles. The van der Waals surface area contributed by atoms with Crippen molar-refractivity contribution in [1.82, 2.24) is 19.1 Å². The standard InChI is InChI=1S/C40H22N4S2/c1-2-12-23(13-3-1)43-30-20-10-6-16-26(30)32-36(43)33-27-17-7-11-21-31(27)45-37(33)34-35-39(46-38(32)34)40(42-22-41-35)44-28-18-8-4-14-24(28)25-15-5-9-19-29(25)44/h1-22H. The predicted octanol–water partition coefficient (Wildman–Crippen LogP) is 11.4. The van der Waals surface area contributed by atoms with E-state index in [4.69, 9.17) is 9.97 Å². The fourth-order valence-electron chi connectivity index (χ4n) is 7.60. The molecule has 0 bridgehead atoms. The predicted molar refractivity (Wildman–Crippen MR) is 196 cm³/mol. The number of fused-ring (bicyclic) bond motifs is 15. The summed E-state index contributed by atoms with van der Waals surface area (Å²) in [6.45, 7) is 0. The van der Waals surface area contributed by atoms with Crippen LogP contribution in [0.3, 0.4) is 0 Å². The molecule has 4 nitrogen and oxygen atoms in total. The van der Waals surface area contributed by atoms with Crippen LogP contribution in [-0.2, 0) is 0 Å². The first-order chi connectivity index (χ1) is 22.9. The van der Waals surface area contributed by atoms with E-state index in [1.807, 2.05) is 22.7 Å². The van der Waals surface area contributed by atoms with Crippen molar-refractivity contribution in [2.75, 3.05) is 0 Å². The van der Waals surface area contributed by atoms with Crippen molar-refractivity contribution in [2.45, 2.75) is 0 Å². The minimum absolute atomic E-state index is 0.929. The van der Waals surface area contributed by atoms with Crippen LogP contribution in [0.25, 0.3) is 95.6 Å². The molecule has 5 heterocycles. The van der Waals surface area contributed by atoms with E-state index in [9.17, 15) is 0 Å². The molecule has 0 spiro atoms.